The van der Waals surface area contributed by atoms with E-state index in [0.717, 1.165) is 0 Å². The minimum atomic E-state index is -3.83. The molecule has 0 amide bonds. The average Bonchev–Trinajstić information content (AvgIpc) is 2.26. The number of nitrogens with two attached hydrogens (primary N) is 1. The van der Waals surface area contributed by atoms with Crippen molar-refractivity contribution in [3.63, 3.8) is 0 Å². The Morgan fingerprint density at radius 1 is 1.53 bits per heavy atom. The number of thiocarbonyl (C=S) groups is 1. The molecule has 1 aromatic rings. The van der Waals surface area contributed by atoms with Crippen molar-refractivity contribution in [2.75, 3.05) is 7.11 Å². The fourth-order valence-electron chi connectivity index (χ4n) is 1.04. The molecule has 0 unspecified atom stereocenters. The molecule has 0 radical (unpaired) electrons. The number of nitrogens with one attached hydrogen (secondary N) is 2. The fraction of sp³-hybridized carbons (Fsp3) is 0.125. The summed E-state index contributed by atoms with van der Waals surface area (Å²) in [6, 6.07) is 4.13. The number of hydrogen-bond acceptors (Lipinski definition) is 4. The zero-order valence-electron chi connectivity index (χ0n) is 8.73. The molecule has 4 N–H and O–H groups in total. The van der Waals surface area contributed by atoms with Gasteiger partial charge in [-0.15, -0.1) is 4.83 Å². The number of rotatable bonds is 4. The van der Waals surface area contributed by atoms with E-state index in [1.54, 1.807) is 0 Å². The summed E-state index contributed by atoms with van der Waals surface area (Å²) in [4.78, 5) is 1.93. The molecule has 0 atom stereocenters. The van der Waals surface area contributed by atoms with Crippen LogP contribution in [0.4, 0.5) is 0 Å². The van der Waals surface area contributed by atoms with E-state index in [-0.39, 0.29) is 15.8 Å². The summed E-state index contributed by atoms with van der Waals surface area (Å²) in [5.74, 6) is 0.120. The first kappa shape index (κ1) is 14.0. The number of hydrogen-bond donors (Lipinski definition) is 3. The van der Waals surface area contributed by atoms with Crippen LogP contribution in [0.5, 0.6) is 5.75 Å². The van der Waals surface area contributed by atoms with Gasteiger partial charge in [-0.2, -0.15) is 0 Å². The Kier molecular flexibility index (Phi) is 4.52. The van der Waals surface area contributed by atoms with Gasteiger partial charge in [0.25, 0.3) is 10.0 Å². The molecule has 0 saturated carbocycles. The fourth-order valence-corrected chi connectivity index (χ4v) is 2.32. The highest BCUT2D eigenvalue weighted by atomic mass is 35.5. The Hall–Kier alpha value is -1.09. The molecule has 0 aliphatic rings. The third kappa shape index (κ3) is 3.70. The van der Waals surface area contributed by atoms with Gasteiger partial charge in [-0.1, -0.05) is 11.6 Å². The van der Waals surface area contributed by atoms with Gasteiger partial charge in [0.1, 0.15) is 10.6 Å². The van der Waals surface area contributed by atoms with Crippen LogP contribution in [0.15, 0.2) is 23.1 Å². The zero-order chi connectivity index (χ0) is 13.1. The molecule has 1 aromatic carbocycles. The van der Waals surface area contributed by atoms with E-state index in [1.165, 1.54) is 25.3 Å². The standard InChI is InChI=1S/C8H10ClN3O3S2/c1-15-6-4-5(9)2-3-7(6)17(13,14)12-11-8(10)16/h2-4,12H,1H3,(H3,10,11,16). The van der Waals surface area contributed by atoms with Crippen LogP contribution in [0.2, 0.25) is 5.02 Å². The SMILES string of the molecule is COc1cc(Cl)ccc1S(=O)(=O)NNC(N)=S. The average molecular weight is 296 g/mol. The summed E-state index contributed by atoms with van der Waals surface area (Å²) < 4.78 is 28.6. The van der Waals surface area contributed by atoms with Gasteiger partial charge in [-0.05, 0) is 24.4 Å². The van der Waals surface area contributed by atoms with Crippen LogP contribution in [0.1, 0.15) is 0 Å². The van der Waals surface area contributed by atoms with Crippen molar-refractivity contribution in [3.05, 3.63) is 23.2 Å². The lowest BCUT2D eigenvalue weighted by Gasteiger charge is -2.11. The van der Waals surface area contributed by atoms with E-state index in [1.807, 2.05) is 4.83 Å². The summed E-state index contributed by atoms with van der Waals surface area (Å²) in [6.07, 6.45) is 0. The molecule has 0 bridgehead atoms. The first-order valence-corrected chi connectivity index (χ1v) is 6.54. The summed E-state index contributed by atoms with van der Waals surface area (Å²) in [5, 5.41) is 0.171. The molecular formula is C8H10ClN3O3S2. The van der Waals surface area contributed by atoms with Gasteiger partial charge >= 0.3 is 0 Å². The van der Waals surface area contributed by atoms with E-state index in [4.69, 9.17) is 22.1 Å². The predicted molar refractivity (Wildman–Crippen MR) is 68.2 cm³/mol. The number of sulfonamides is 1. The van der Waals surface area contributed by atoms with Gasteiger partial charge in [0, 0.05) is 11.1 Å². The van der Waals surface area contributed by atoms with Crippen LogP contribution >= 0.6 is 23.8 Å². The van der Waals surface area contributed by atoms with E-state index in [0.29, 0.717) is 5.02 Å². The molecule has 0 fully saturated rings. The maximum atomic E-state index is 11.8. The highest BCUT2D eigenvalue weighted by Gasteiger charge is 2.19. The maximum Gasteiger partial charge on any atom is 0.261 e. The zero-order valence-corrected chi connectivity index (χ0v) is 11.1. The molecule has 0 saturated heterocycles. The third-order valence-corrected chi connectivity index (χ3v) is 3.35. The van der Waals surface area contributed by atoms with Crippen molar-refractivity contribution in [1.29, 1.82) is 0 Å². The second-order valence-corrected chi connectivity index (χ2v) is 5.42. The van der Waals surface area contributed by atoms with Crippen LogP contribution in [0.3, 0.4) is 0 Å². The second kappa shape index (κ2) is 5.50. The van der Waals surface area contributed by atoms with Gasteiger partial charge in [0.15, 0.2) is 5.11 Å². The molecule has 94 valence electrons. The largest absolute Gasteiger partial charge is 0.495 e. The molecule has 0 heterocycles. The maximum absolute atomic E-state index is 11.8. The molecule has 9 heteroatoms. The van der Waals surface area contributed by atoms with Gasteiger partial charge in [0.2, 0.25) is 0 Å². The van der Waals surface area contributed by atoms with Crippen molar-refractivity contribution in [3.8, 4) is 5.75 Å². The minimum Gasteiger partial charge on any atom is -0.495 e. The lowest BCUT2D eigenvalue weighted by Crippen LogP contribution is -2.44. The van der Waals surface area contributed by atoms with E-state index in [2.05, 4.69) is 17.6 Å². The van der Waals surface area contributed by atoms with Gasteiger partial charge < -0.3 is 10.5 Å². The van der Waals surface area contributed by atoms with Crippen molar-refractivity contribution >= 4 is 39.0 Å². The molecule has 1 rings (SSSR count). The van der Waals surface area contributed by atoms with Crippen LogP contribution in [0.25, 0.3) is 0 Å². The van der Waals surface area contributed by atoms with Crippen LogP contribution in [-0.2, 0) is 10.0 Å². The van der Waals surface area contributed by atoms with Crippen molar-refractivity contribution in [2.45, 2.75) is 4.90 Å². The summed E-state index contributed by atoms with van der Waals surface area (Å²) in [5.41, 5.74) is 7.25. The van der Waals surface area contributed by atoms with Crippen molar-refractivity contribution in [2.24, 2.45) is 5.73 Å². The highest BCUT2D eigenvalue weighted by molar-refractivity contribution is 7.89. The normalized spacial score (nSPS) is 10.9. The predicted octanol–water partition coefficient (Wildman–Crippen LogP) is 0.375. The Bertz CT molecular complexity index is 533. The van der Waals surface area contributed by atoms with E-state index in [9.17, 15) is 8.42 Å². The Morgan fingerprint density at radius 3 is 2.71 bits per heavy atom. The highest BCUT2D eigenvalue weighted by Crippen LogP contribution is 2.26. The van der Waals surface area contributed by atoms with Crippen LogP contribution < -0.4 is 20.7 Å². The molecule has 0 aliphatic heterocycles. The van der Waals surface area contributed by atoms with Crippen molar-refractivity contribution in [1.82, 2.24) is 10.3 Å². The number of halogens is 1. The lowest BCUT2D eigenvalue weighted by molar-refractivity contribution is 0.402. The van der Waals surface area contributed by atoms with Crippen LogP contribution in [0, 0.1) is 0 Å². The monoisotopic (exact) mass is 295 g/mol. The first-order chi connectivity index (χ1) is 7.86. The smallest absolute Gasteiger partial charge is 0.261 e. The van der Waals surface area contributed by atoms with Crippen molar-refractivity contribution < 1.29 is 13.2 Å². The molecule has 17 heavy (non-hydrogen) atoms. The van der Waals surface area contributed by atoms with Gasteiger partial charge in [0.05, 0.1) is 7.11 Å². The van der Waals surface area contributed by atoms with E-state index < -0.39 is 10.0 Å². The molecule has 0 aromatic heterocycles. The van der Waals surface area contributed by atoms with Gasteiger partial charge in [-0.25, -0.2) is 8.42 Å². The van der Waals surface area contributed by atoms with E-state index >= 15 is 0 Å². The summed E-state index contributed by atoms with van der Waals surface area (Å²) in [6.45, 7) is 0. The third-order valence-electron chi connectivity index (χ3n) is 1.72. The molecular weight excluding hydrogens is 286 g/mol. The summed E-state index contributed by atoms with van der Waals surface area (Å²) >= 11 is 10.2. The minimum absolute atomic E-state index is 0.0758. The first-order valence-electron chi connectivity index (χ1n) is 4.27. The Labute approximate surface area is 109 Å². The Balaban J connectivity index is 3.10. The number of methoxy groups -OCH3 is 1. The van der Waals surface area contributed by atoms with Gasteiger partial charge in [-0.3, -0.25) is 5.43 Å². The molecule has 0 spiro atoms. The summed E-state index contributed by atoms with van der Waals surface area (Å²) in [7, 11) is -2.49. The molecule has 0 aliphatic carbocycles. The van der Waals surface area contributed by atoms with Crippen LogP contribution in [-0.4, -0.2) is 20.6 Å². The second-order valence-electron chi connectivity index (χ2n) is 2.89. The lowest BCUT2D eigenvalue weighted by atomic mass is 10.3. The quantitative estimate of drug-likeness (QED) is 0.549. The number of ether oxygens (including phenoxy) is 1. The number of benzene rings is 1. The number of hydrazine groups is 1. The molecule has 6 nitrogen and oxygen atoms in total. The topological polar surface area (TPSA) is 93.5 Å². The Morgan fingerprint density at radius 2 is 2.18 bits per heavy atom.